The Balaban J connectivity index is 2.38. The van der Waals surface area contributed by atoms with Gasteiger partial charge >= 0.3 is 0 Å². The number of benzene rings is 1. The molecule has 2 atom stereocenters. The molecule has 7 heteroatoms. The van der Waals surface area contributed by atoms with E-state index in [1.165, 1.54) is 0 Å². The van der Waals surface area contributed by atoms with E-state index in [4.69, 9.17) is 28.9 Å². The zero-order valence-corrected chi connectivity index (χ0v) is 15.3. The lowest BCUT2D eigenvalue weighted by molar-refractivity contribution is 0.368. The molecule has 0 radical (unpaired) electrons. The highest BCUT2D eigenvalue weighted by atomic mass is 35.5. The molecular formula is C18H12Cl2N4S. The van der Waals surface area contributed by atoms with E-state index in [2.05, 4.69) is 18.2 Å². The fourth-order valence-electron chi connectivity index (χ4n) is 3.59. The molecular weight excluding hydrogens is 375 g/mol. The Morgan fingerprint density at radius 2 is 1.92 bits per heavy atom. The molecule has 1 aliphatic carbocycles. The SMILES string of the molecule is N#CC1=C(N)C(C#N)(C#N)[C@H](c2cccc(Cl)c2Cl)[C@H]2CSCC=C12. The van der Waals surface area contributed by atoms with Crippen molar-refractivity contribution in [3.05, 3.63) is 56.7 Å². The molecule has 2 aliphatic rings. The van der Waals surface area contributed by atoms with Crippen LogP contribution in [0.15, 0.2) is 41.1 Å². The molecule has 1 aliphatic heterocycles. The first kappa shape index (κ1) is 17.7. The van der Waals surface area contributed by atoms with Crippen LogP contribution in [0.25, 0.3) is 0 Å². The molecule has 0 spiro atoms. The molecule has 124 valence electrons. The van der Waals surface area contributed by atoms with E-state index in [0.717, 1.165) is 11.3 Å². The van der Waals surface area contributed by atoms with Crippen LogP contribution in [0, 0.1) is 45.3 Å². The summed E-state index contributed by atoms with van der Waals surface area (Å²) in [6.07, 6.45) is 1.95. The minimum Gasteiger partial charge on any atom is -0.399 e. The summed E-state index contributed by atoms with van der Waals surface area (Å²) in [5.41, 5.74) is 6.17. The van der Waals surface area contributed by atoms with E-state index in [-0.39, 0.29) is 17.2 Å². The summed E-state index contributed by atoms with van der Waals surface area (Å²) in [6, 6.07) is 11.4. The molecule has 0 amide bonds. The van der Waals surface area contributed by atoms with Crippen LogP contribution in [0.4, 0.5) is 0 Å². The van der Waals surface area contributed by atoms with Crippen LogP contribution in [-0.2, 0) is 0 Å². The third-order valence-electron chi connectivity index (χ3n) is 4.75. The van der Waals surface area contributed by atoms with Crippen molar-refractivity contribution in [2.75, 3.05) is 11.5 Å². The molecule has 1 aromatic carbocycles. The van der Waals surface area contributed by atoms with Gasteiger partial charge in [-0.2, -0.15) is 27.5 Å². The van der Waals surface area contributed by atoms with Crippen LogP contribution in [0.3, 0.4) is 0 Å². The number of halogens is 2. The van der Waals surface area contributed by atoms with Crippen molar-refractivity contribution < 1.29 is 0 Å². The largest absolute Gasteiger partial charge is 0.399 e. The fraction of sp³-hybridized carbons (Fsp3) is 0.278. The lowest BCUT2D eigenvalue weighted by atomic mass is 9.59. The van der Waals surface area contributed by atoms with Crippen molar-refractivity contribution in [2.45, 2.75) is 5.92 Å². The van der Waals surface area contributed by atoms with E-state index < -0.39 is 11.3 Å². The first-order valence-electron chi connectivity index (χ1n) is 7.46. The molecule has 0 saturated heterocycles. The zero-order valence-electron chi connectivity index (χ0n) is 13.0. The predicted molar refractivity (Wildman–Crippen MR) is 98.6 cm³/mol. The van der Waals surface area contributed by atoms with Crippen molar-refractivity contribution in [3.8, 4) is 18.2 Å². The summed E-state index contributed by atoms with van der Waals surface area (Å²) >= 11 is 14.3. The third kappa shape index (κ3) is 2.50. The normalized spacial score (nSPS) is 24.4. The van der Waals surface area contributed by atoms with Crippen LogP contribution in [0.2, 0.25) is 10.0 Å². The van der Waals surface area contributed by atoms with E-state index in [1.54, 1.807) is 30.0 Å². The van der Waals surface area contributed by atoms with Gasteiger partial charge in [0.05, 0.1) is 33.5 Å². The summed E-state index contributed by atoms with van der Waals surface area (Å²) in [4.78, 5) is 0. The highest BCUT2D eigenvalue weighted by Crippen LogP contribution is 2.56. The molecule has 3 rings (SSSR count). The summed E-state index contributed by atoms with van der Waals surface area (Å²) in [5, 5.41) is 30.1. The van der Waals surface area contributed by atoms with Gasteiger partial charge in [-0.3, -0.25) is 0 Å². The Morgan fingerprint density at radius 3 is 2.56 bits per heavy atom. The van der Waals surface area contributed by atoms with Gasteiger partial charge in [-0.1, -0.05) is 41.4 Å². The van der Waals surface area contributed by atoms with Gasteiger partial charge in [0.2, 0.25) is 0 Å². The average Bonchev–Trinajstić information content (AvgIpc) is 2.64. The molecule has 0 bridgehead atoms. The predicted octanol–water partition coefficient (Wildman–Crippen LogP) is 4.15. The standard InChI is InChI=1S/C18H12Cl2N4S/c19-14-3-1-2-11(16(14)20)15-13-7-25-5-4-10(13)12(6-21)17(24)18(15,8-22)9-23/h1-4,13,15H,5,7,24H2/t13-,15+/m0/s1. The average molecular weight is 387 g/mol. The van der Waals surface area contributed by atoms with E-state index in [0.29, 0.717) is 21.4 Å². The van der Waals surface area contributed by atoms with Gasteiger partial charge in [0.1, 0.15) is 6.07 Å². The first-order chi connectivity index (χ1) is 12.0. The van der Waals surface area contributed by atoms with Gasteiger partial charge in [-0.15, -0.1) is 0 Å². The van der Waals surface area contributed by atoms with Crippen molar-refractivity contribution >= 4 is 35.0 Å². The molecule has 0 aromatic heterocycles. The van der Waals surface area contributed by atoms with Crippen LogP contribution < -0.4 is 5.73 Å². The van der Waals surface area contributed by atoms with Crippen LogP contribution in [0.1, 0.15) is 11.5 Å². The molecule has 0 saturated carbocycles. The molecule has 25 heavy (non-hydrogen) atoms. The van der Waals surface area contributed by atoms with Gasteiger partial charge in [0.15, 0.2) is 5.41 Å². The second-order valence-corrected chi connectivity index (χ2v) is 7.72. The third-order valence-corrected chi connectivity index (χ3v) is 6.58. The maximum atomic E-state index is 9.91. The summed E-state index contributed by atoms with van der Waals surface area (Å²) in [5.74, 6) is 0.621. The van der Waals surface area contributed by atoms with E-state index in [1.807, 2.05) is 6.08 Å². The summed E-state index contributed by atoms with van der Waals surface area (Å²) in [7, 11) is 0. The number of rotatable bonds is 1. The Hall–Kier alpha value is -2.10. The van der Waals surface area contributed by atoms with E-state index in [9.17, 15) is 15.8 Å². The van der Waals surface area contributed by atoms with Crippen LogP contribution >= 0.6 is 35.0 Å². The number of hydrogen-bond donors (Lipinski definition) is 1. The number of allylic oxidation sites excluding steroid dienone is 3. The monoisotopic (exact) mass is 386 g/mol. The molecule has 0 unspecified atom stereocenters. The summed E-state index contributed by atoms with van der Waals surface area (Å²) < 4.78 is 0. The Kier molecular flexibility index (Phi) is 4.72. The Morgan fingerprint density at radius 1 is 1.20 bits per heavy atom. The molecule has 1 aromatic rings. The lowest BCUT2D eigenvalue weighted by Gasteiger charge is -2.43. The van der Waals surface area contributed by atoms with Gasteiger partial charge in [0, 0.05) is 23.3 Å². The maximum Gasteiger partial charge on any atom is 0.191 e. The van der Waals surface area contributed by atoms with Crippen LogP contribution in [-0.4, -0.2) is 11.5 Å². The smallest absolute Gasteiger partial charge is 0.191 e. The molecule has 1 heterocycles. The zero-order chi connectivity index (χ0) is 18.2. The maximum absolute atomic E-state index is 9.91. The van der Waals surface area contributed by atoms with Crippen molar-refractivity contribution in [1.82, 2.24) is 0 Å². The highest BCUT2D eigenvalue weighted by molar-refractivity contribution is 7.99. The Labute approximate surface area is 160 Å². The van der Waals surface area contributed by atoms with Crippen LogP contribution in [0.5, 0.6) is 0 Å². The van der Waals surface area contributed by atoms with Gasteiger partial charge in [-0.25, -0.2) is 0 Å². The second kappa shape index (κ2) is 6.66. The minimum atomic E-state index is -1.67. The lowest BCUT2D eigenvalue weighted by Crippen LogP contribution is -2.43. The van der Waals surface area contributed by atoms with Crippen molar-refractivity contribution in [1.29, 1.82) is 15.8 Å². The topological polar surface area (TPSA) is 97.4 Å². The molecule has 4 nitrogen and oxygen atoms in total. The highest BCUT2D eigenvalue weighted by Gasteiger charge is 2.54. The Bertz CT molecular complexity index is 916. The number of nitrogens with two attached hydrogens (primary N) is 1. The van der Waals surface area contributed by atoms with E-state index >= 15 is 0 Å². The molecule has 0 fully saturated rings. The number of nitrogens with zero attached hydrogens (tertiary/aromatic N) is 3. The number of thioether (sulfide) groups is 1. The van der Waals surface area contributed by atoms with Gasteiger partial charge in [0.25, 0.3) is 0 Å². The minimum absolute atomic E-state index is 0.00422. The quantitative estimate of drug-likeness (QED) is 0.781. The second-order valence-electron chi connectivity index (χ2n) is 5.86. The van der Waals surface area contributed by atoms with Gasteiger partial charge in [-0.05, 0) is 17.2 Å². The van der Waals surface area contributed by atoms with Crippen molar-refractivity contribution in [3.63, 3.8) is 0 Å². The molecule has 2 N–H and O–H groups in total. The number of hydrogen-bond acceptors (Lipinski definition) is 5. The summed E-state index contributed by atoms with van der Waals surface area (Å²) in [6.45, 7) is 0. The number of nitriles is 3. The fourth-order valence-corrected chi connectivity index (χ4v) is 5.07. The van der Waals surface area contributed by atoms with Gasteiger partial charge < -0.3 is 5.73 Å². The first-order valence-corrected chi connectivity index (χ1v) is 9.37. The number of fused-ring (bicyclic) bond motifs is 1. The van der Waals surface area contributed by atoms with Crippen molar-refractivity contribution in [2.24, 2.45) is 17.1 Å².